The Balaban J connectivity index is 1.78. The Hall–Kier alpha value is -2.22. The highest BCUT2D eigenvalue weighted by molar-refractivity contribution is 6.36. The first-order chi connectivity index (χ1) is 13.9. The second kappa shape index (κ2) is 9.52. The van der Waals surface area contributed by atoms with Crippen molar-refractivity contribution in [2.75, 3.05) is 32.8 Å². The van der Waals surface area contributed by atoms with Gasteiger partial charge in [0.25, 0.3) is 5.56 Å². The number of piperazine rings is 1. The fourth-order valence-electron chi connectivity index (χ4n) is 3.35. The van der Waals surface area contributed by atoms with Gasteiger partial charge >= 0.3 is 6.09 Å². The van der Waals surface area contributed by atoms with Crippen molar-refractivity contribution in [1.29, 1.82) is 0 Å². The lowest BCUT2D eigenvalue weighted by Crippen LogP contribution is -2.48. The van der Waals surface area contributed by atoms with E-state index in [-0.39, 0.29) is 11.8 Å². The zero-order chi connectivity index (χ0) is 21.0. The average molecular weight is 440 g/mol. The highest BCUT2D eigenvalue weighted by Gasteiger charge is 2.24. The van der Waals surface area contributed by atoms with Crippen molar-refractivity contribution in [2.45, 2.75) is 19.9 Å². The molecule has 0 bridgehead atoms. The van der Waals surface area contributed by atoms with Gasteiger partial charge < -0.3 is 19.7 Å². The largest absolute Gasteiger partial charge is 0.503 e. The summed E-state index contributed by atoms with van der Waals surface area (Å²) in [5, 5.41) is 11.5. The molecule has 0 aliphatic carbocycles. The van der Waals surface area contributed by atoms with Crippen LogP contribution in [-0.4, -0.2) is 58.8 Å². The predicted molar refractivity (Wildman–Crippen MR) is 112 cm³/mol. The number of aromatic amines is 1. The molecule has 7 nitrogen and oxygen atoms in total. The van der Waals surface area contributed by atoms with E-state index in [0.29, 0.717) is 61.4 Å². The number of halogens is 2. The monoisotopic (exact) mass is 439 g/mol. The van der Waals surface area contributed by atoms with Crippen molar-refractivity contribution in [1.82, 2.24) is 14.8 Å². The summed E-state index contributed by atoms with van der Waals surface area (Å²) in [5.74, 6) is -0.307. The van der Waals surface area contributed by atoms with Crippen LogP contribution in [0.15, 0.2) is 29.2 Å². The van der Waals surface area contributed by atoms with Crippen LogP contribution in [0.25, 0.3) is 0 Å². The Labute approximate surface area is 178 Å². The van der Waals surface area contributed by atoms with Gasteiger partial charge in [-0.25, -0.2) is 4.79 Å². The van der Waals surface area contributed by atoms with Gasteiger partial charge in [-0.15, -0.1) is 0 Å². The van der Waals surface area contributed by atoms with E-state index in [1.165, 1.54) is 0 Å². The minimum absolute atomic E-state index is 0.307. The van der Waals surface area contributed by atoms with E-state index in [0.717, 1.165) is 11.1 Å². The predicted octanol–water partition coefficient (Wildman–Crippen LogP) is 3.25. The molecule has 0 saturated carbocycles. The Kier molecular flexibility index (Phi) is 7.05. The molecule has 0 unspecified atom stereocenters. The molecule has 1 aromatic carbocycles. The number of hydrogen-bond acceptors (Lipinski definition) is 5. The van der Waals surface area contributed by atoms with Gasteiger partial charge in [0, 0.05) is 61.0 Å². The molecular formula is C20H23Cl2N3O4. The Morgan fingerprint density at radius 3 is 2.45 bits per heavy atom. The number of nitrogens with one attached hydrogen (secondary N) is 1. The van der Waals surface area contributed by atoms with Crippen LogP contribution in [0.1, 0.15) is 23.6 Å². The summed E-state index contributed by atoms with van der Waals surface area (Å²) in [4.78, 5) is 30.1. The van der Waals surface area contributed by atoms with Gasteiger partial charge in [-0.05, 0) is 30.2 Å². The van der Waals surface area contributed by atoms with E-state index in [4.69, 9.17) is 27.9 Å². The summed E-state index contributed by atoms with van der Waals surface area (Å²) < 4.78 is 5.04. The highest BCUT2D eigenvalue weighted by atomic mass is 35.5. The number of hydrogen-bond donors (Lipinski definition) is 2. The Morgan fingerprint density at radius 1 is 1.17 bits per heavy atom. The number of amides is 1. The Morgan fingerprint density at radius 2 is 1.83 bits per heavy atom. The third kappa shape index (κ3) is 5.04. The van der Waals surface area contributed by atoms with Gasteiger partial charge in [0.2, 0.25) is 0 Å². The molecule has 2 aromatic rings. The van der Waals surface area contributed by atoms with Gasteiger partial charge in [-0.3, -0.25) is 9.69 Å². The molecule has 2 heterocycles. The first kappa shape index (κ1) is 21.5. The lowest BCUT2D eigenvalue weighted by molar-refractivity contribution is 0.0775. The smallest absolute Gasteiger partial charge is 0.409 e. The Bertz CT molecular complexity index is 920. The molecule has 2 N–H and O–H groups in total. The number of aromatic nitrogens is 1. The zero-order valence-corrected chi connectivity index (χ0v) is 17.6. The molecule has 0 spiro atoms. The van der Waals surface area contributed by atoms with Gasteiger partial charge in [-0.1, -0.05) is 29.3 Å². The number of benzene rings is 1. The SMILES string of the molecule is CCOC(=O)N1CCN(Cc2c(Cc3c(Cl)cccc3Cl)c[nH]c(=O)c2O)CC1. The summed E-state index contributed by atoms with van der Waals surface area (Å²) in [6, 6.07) is 5.27. The standard InChI is InChI=1S/C20H23Cl2N3O4/c1-2-29-20(28)25-8-6-24(7-9-25)12-15-13(11-23-19(27)18(15)26)10-14-16(21)4-3-5-17(14)22/h3-5,11,26H,2,6-10,12H2,1H3,(H,23,27). The van der Waals surface area contributed by atoms with Crippen LogP contribution >= 0.6 is 23.2 Å². The van der Waals surface area contributed by atoms with E-state index in [9.17, 15) is 14.7 Å². The molecule has 156 valence electrons. The highest BCUT2D eigenvalue weighted by Crippen LogP contribution is 2.29. The third-order valence-corrected chi connectivity index (χ3v) is 5.68. The van der Waals surface area contributed by atoms with E-state index in [2.05, 4.69) is 9.88 Å². The number of pyridine rings is 1. The van der Waals surface area contributed by atoms with Crippen LogP contribution in [0, 0.1) is 0 Å². The molecule has 1 aliphatic heterocycles. The fourth-order valence-corrected chi connectivity index (χ4v) is 3.88. The van der Waals surface area contributed by atoms with Crippen LogP contribution in [0.4, 0.5) is 4.79 Å². The van der Waals surface area contributed by atoms with Gasteiger partial charge in [-0.2, -0.15) is 0 Å². The number of carbonyl (C=O) groups is 1. The van der Waals surface area contributed by atoms with Gasteiger partial charge in [0.15, 0.2) is 5.75 Å². The molecule has 1 aromatic heterocycles. The minimum atomic E-state index is -0.542. The van der Waals surface area contributed by atoms with E-state index in [1.54, 1.807) is 36.2 Å². The second-order valence-electron chi connectivity index (χ2n) is 6.81. The minimum Gasteiger partial charge on any atom is -0.503 e. The zero-order valence-electron chi connectivity index (χ0n) is 16.1. The van der Waals surface area contributed by atoms with Gasteiger partial charge in [0.1, 0.15) is 0 Å². The van der Waals surface area contributed by atoms with E-state index >= 15 is 0 Å². The number of aromatic hydroxyl groups is 1. The maximum atomic E-state index is 12.0. The number of rotatable bonds is 5. The maximum absolute atomic E-state index is 12.0. The average Bonchev–Trinajstić information content (AvgIpc) is 2.70. The first-order valence-electron chi connectivity index (χ1n) is 9.40. The number of H-pyrrole nitrogens is 1. The maximum Gasteiger partial charge on any atom is 0.409 e. The third-order valence-electron chi connectivity index (χ3n) is 4.97. The summed E-state index contributed by atoms with van der Waals surface area (Å²) in [7, 11) is 0. The molecule has 0 atom stereocenters. The number of nitrogens with zero attached hydrogens (tertiary/aromatic N) is 2. The van der Waals surface area contributed by atoms with Gasteiger partial charge in [0.05, 0.1) is 6.61 Å². The molecule has 9 heteroatoms. The van der Waals surface area contributed by atoms with Crippen molar-refractivity contribution in [3.63, 3.8) is 0 Å². The van der Waals surface area contributed by atoms with Crippen molar-refractivity contribution in [3.8, 4) is 5.75 Å². The van der Waals surface area contributed by atoms with Crippen molar-refractivity contribution < 1.29 is 14.6 Å². The molecular weight excluding hydrogens is 417 g/mol. The molecule has 1 saturated heterocycles. The summed E-state index contributed by atoms with van der Waals surface area (Å²) in [6.07, 6.45) is 1.65. The first-order valence-corrected chi connectivity index (χ1v) is 10.2. The molecule has 3 rings (SSSR count). The normalized spacial score (nSPS) is 14.8. The molecule has 1 fully saturated rings. The quantitative estimate of drug-likeness (QED) is 0.746. The van der Waals surface area contributed by atoms with Crippen LogP contribution in [0.2, 0.25) is 10.0 Å². The van der Waals surface area contributed by atoms with Crippen LogP contribution in [-0.2, 0) is 17.7 Å². The van der Waals surface area contributed by atoms with Crippen LogP contribution < -0.4 is 5.56 Å². The van der Waals surface area contributed by atoms with Crippen molar-refractivity contribution in [3.05, 3.63) is 61.5 Å². The topological polar surface area (TPSA) is 85.9 Å². The van der Waals surface area contributed by atoms with Crippen LogP contribution in [0.5, 0.6) is 5.75 Å². The molecule has 1 amide bonds. The summed E-state index contributed by atoms with van der Waals surface area (Å²) in [5.41, 5.74) is 1.47. The van der Waals surface area contributed by atoms with Crippen molar-refractivity contribution >= 4 is 29.3 Å². The fraction of sp³-hybridized carbons (Fsp3) is 0.400. The number of carbonyl (C=O) groups excluding carboxylic acids is 1. The molecule has 29 heavy (non-hydrogen) atoms. The second-order valence-corrected chi connectivity index (χ2v) is 7.62. The van der Waals surface area contributed by atoms with E-state index in [1.807, 2.05) is 0 Å². The molecule has 1 aliphatic rings. The lowest BCUT2D eigenvalue weighted by Gasteiger charge is -2.34. The van der Waals surface area contributed by atoms with Crippen molar-refractivity contribution in [2.24, 2.45) is 0 Å². The molecule has 0 radical (unpaired) electrons. The van der Waals surface area contributed by atoms with Crippen LogP contribution in [0.3, 0.4) is 0 Å². The summed E-state index contributed by atoms with van der Waals surface area (Å²) >= 11 is 12.6. The summed E-state index contributed by atoms with van der Waals surface area (Å²) in [6.45, 7) is 4.76. The lowest BCUT2D eigenvalue weighted by atomic mass is 10.0. The van der Waals surface area contributed by atoms with E-state index < -0.39 is 5.56 Å². The number of ether oxygens (including phenoxy) is 1.